The van der Waals surface area contributed by atoms with Gasteiger partial charge in [-0.15, -0.1) is 0 Å². The van der Waals surface area contributed by atoms with E-state index in [4.69, 9.17) is 5.11 Å². The van der Waals surface area contributed by atoms with Gasteiger partial charge in [-0.3, -0.25) is 9.69 Å². The lowest BCUT2D eigenvalue weighted by Crippen LogP contribution is -2.36. The molecule has 0 aliphatic heterocycles. The highest BCUT2D eigenvalue weighted by Crippen LogP contribution is 2.23. The van der Waals surface area contributed by atoms with Gasteiger partial charge in [-0.1, -0.05) is 19.1 Å². The van der Waals surface area contributed by atoms with Crippen LogP contribution >= 0.6 is 0 Å². The highest BCUT2D eigenvalue weighted by molar-refractivity contribution is 5.75. The number of aliphatic hydroxyl groups excluding tert-OH is 1. The third kappa shape index (κ3) is 3.44. The maximum Gasteiger partial charge on any atom is 0.325 e. The van der Waals surface area contributed by atoms with E-state index in [-0.39, 0.29) is 18.9 Å². The second-order valence-electron chi connectivity index (χ2n) is 3.69. The Morgan fingerprint density at radius 3 is 2.65 bits per heavy atom. The maximum absolute atomic E-state index is 11.3. The van der Waals surface area contributed by atoms with Crippen molar-refractivity contribution in [1.82, 2.24) is 4.90 Å². The molecule has 1 aromatic rings. The summed E-state index contributed by atoms with van der Waals surface area (Å²) in [5, 5.41) is 27.5. The van der Waals surface area contributed by atoms with Crippen LogP contribution in [0.25, 0.3) is 0 Å². The minimum absolute atomic E-state index is 0.0359. The summed E-state index contributed by atoms with van der Waals surface area (Å²) >= 11 is 0. The number of aliphatic carboxylic acids is 1. The molecule has 5 nitrogen and oxygen atoms in total. The zero-order valence-corrected chi connectivity index (χ0v) is 9.71. The number of hydrogen-bond donors (Lipinski definition) is 3. The van der Waals surface area contributed by atoms with Crippen LogP contribution in [0.5, 0.6) is 5.75 Å². The van der Waals surface area contributed by atoms with Crippen molar-refractivity contribution in [3.8, 4) is 5.75 Å². The molecule has 0 saturated carbocycles. The molecule has 0 spiro atoms. The fourth-order valence-electron chi connectivity index (χ4n) is 1.80. The standard InChI is InChI=1S/C12H17NO4/c1-2-13(6-7-14)11(12(16)17)9-4-3-5-10(15)8-9/h3-5,8,11,14-15H,2,6-7H2,1H3,(H,16,17). The minimum Gasteiger partial charge on any atom is -0.508 e. The van der Waals surface area contributed by atoms with Gasteiger partial charge in [-0.2, -0.15) is 0 Å². The Hall–Kier alpha value is -1.59. The number of phenolic OH excluding ortho intramolecular Hbond substituents is 1. The van der Waals surface area contributed by atoms with E-state index in [1.807, 2.05) is 6.92 Å². The molecule has 1 atom stereocenters. The fourth-order valence-corrected chi connectivity index (χ4v) is 1.80. The second kappa shape index (κ2) is 6.22. The van der Waals surface area contributed by atoms with Crippen LogP contribution in [0, 0.1) is 0 Å². The summed E-state index contributed by atoms with van der Waals surface area (Å²) in [6, 6.07) is 5.33. The lowest BCUT2D eigenvalue weighted by atomic mass is 10.0. The molecule has 17 heavy (non-hydrogen) atoms. The van der Waals surface area contributed by atoms with Crippen LogP contribution in [-0.2, 0) is 4.79 Å². The van der Waals surface area contributed by atoms with Crippen molar-refractivity contribution in [3.05, 3.63) is 29.8 Å². The predicted molar refractivity (Wildman–Crippen MR) is 62.8 cm³/mol. The molecule has 0 amide bonds. The van der Waals surface area contributed by atoms with Crippen LogP contribution in [0.2, 0.25) is 0 Å². The molecule has 0 saturated heterocycles. The van der Waals surface area contributed by atoms with Crippen molar-refractivity contribution < 1.29 is 20.1 Å². The quantitative estimate of drug-likeness (QED) is 0.685. The average molecular weight is 239 g/mol. The number of aromatic hydroxyl groups is 1. The van der Waals surface area contributed by atoms with Crippen molar-refractivity contribution in [2.45, 2.75) is 13.0 Å². The number of carboxylic acids is 1. The van der Waals surface area contributed by atoms with Gasteiger partial charge in [0.1, 0.15) is 11.8 Å². The third-order valence-electron chi connectivity index (χ3n) is 2.58. The Morgan fingerprint density at radius 1 is 1.47 bits per heavy atom. The lowest BCUT2D eigenvalue weighted by molar-refractivity contribution is -0.143. The van der Waals surface area contributed by atoms with Crippen molar-refractivity contribution >= 4 is 5.97 Å². The molecule has 0 aromatic heterocycles. The molecule has 94 valence electrons. The number of rotatable bonds is 6. The normalized spacial score (nSPS) is 12.6. The van der Waals surface area contributed by atoms with Crippen molar-refractivity contribution in [2.75, 3.05) is 19.7 Å². The summed E-state index contributed by atoms with van der Waals surface area (Å²) in [6.45, 7) is 2.52. The molecule has 5 heteroatoms. The summed E-state index contributed by atoms with van der Waals surface area (Å²) < 4.78 is 0. The molecule has 0 fully saturated rings. The summed E-state index contributed by atoms with van der Waals surface area (Å²) in [4.78, 5) is 12.9. The molecule has 0 aliphatic rings. The monoisotopic (exact) mass is 239 g/mol. The second-order valence-corrected chi connectivity index (χ2v) is 3.69. The van der Waals surface area contributed by atoms with Gasteiger partial charge in [0, 0.05) is 6.54 Å². The number of phenols is 1. The first-order chi connectivity index (χ1) is 8.10. The van der Waals surface area contributed by atoms with Gasteiger partial charge in [0.05, 0.1) is 6.61 Å². The summed E-state index contributed by atoms with van der Waals surface area (Å²) in [5.41, 5.74) is 0.507. The van der Waals surface area contributed by atoms with Gasteiger partial charge in [0.25, 0.3) is 0 Å². The summed E-state index contributed by atoms with van der Waals surface area (Å²) in [7, 11) is 0. The van der Waals surface area contributed by atoms with E-state index < -0.39 is 12.0 Å². The minimum atomic E-state index is -0.995. The molecule has 3 N–H and O–H groups in total. The van der Waals surface area contributed by atoms with E-state index in [9.17, 15) is 15.0 Å². The largest absolute Gasteiger partial charge is 0.508 e. The van der Waals surface area contributed by atoms with Gasteiger partial charge < -0.3 is 15.3 Å². The highest BCUT2D eigenvalue weighted by atomic mass is 16.4. The third-order valence-corrected chi connectivity index (χ3v) is 2.58. The zero-order valence-electron chi connectivity index (χ0n) is 9.71. The van der Waals surface area contributed by atoms with Crippen LogP contribution in [0.1, 0.15) is 18.5 Å². The van der Waals surface area contributed by atoms with E-state index in [1.54, 1.807) is 17.0 Å². The molecular weight excluding hydrogens is 222 g/mol. The topological polar surface area (TPSA) is 81.0 Å². The Kier molecular flexibility index (Phi) is 4.93. The zero-order chi connectivity index (χ0) is 12.8. The first-order valence-corrected chi connectivity index (χ1v) is 5.46. The Balaban J connectivity index is 3.03. The number of aliphatic hydroxyl groups is 1. The molecule has 1 aromatic carbocycles. The molecule has 0 bridgehead atoms. The van der Waals surface area contributed by atoms with Gasteiger partial charge >= 0.3 is 5.97 Å². The number of benzene rings is 1. The number of hydrogen-bond acceptors (Lipinski definition) is 4. The number of likely N-dealkylation sites (N-methyl/N-ethyl adjacent to an activating group) is 1. The average Bonchev–Trinajstić information content (AvgIpc) is 2.28. The molecule has 1 unspecified atom stereocenters. The molecule has 0 aliphatic carbocycles. The van der Waals surface area contributed by atoms with Crippen LogP contribution in [0.3, 0.4) is 0 Å². The van der Waals surface area contributed by atoms with Crippen LogP contribution in [-0.4, -0.2) is 45.9 Å². The number of carboxylic acid groups (broad SMARTS) is 1. The Bertz CT molecular complexity index is 381. The van der Waals surface area contributed by atoms with Gasteiger partial charge in [0.2, 0.25) is 0 Å². The van der Waals surface area contributed by atoms with Gasteiger partial charge in [-0.25, -0.2) is 0 Å². The smallest absolute Gasteiger partial charge is 0.325 e. The molecular formula is C12H17NO4. The Morgan fingerprint density at radius 2 is 2.18 bits per heavy atom. The Labute approximate surface area is 99.9 Å². The lowest BCUT2D eigenvalue weighted by Gasteiger charge is -2.27. The van der Waals surface area contributed by atoms with Crippen LogP contribution < -0.4 is 0 Å². The fraction of sp³-hybridized carbons (Fsp3) is 0.417. The van der Waals surface area contributed by atoms with E-state index >= 15 is 0 Å². The van der Waals surface area contributed by atoms with E-state index in [0.717, 1.165) is 0 Å². The molecule has 0 heterocycles. The van der Waals surface area contributed by atoms with E-state index in [2.05, 4.69) is 0 Å². The SMILES string of the molecule is CCN(CCO)C(C(=O)O)c1cccc(O)c1. The van der Waals surface area contributed by atoms with E-state index in [1.165, 1.54) is 12.1 Å². The van der Waals surface area contributed by atoms with Crippen molar-refractivity contribution in [3.63, 3.8) is 0 Å². The molecule has 0 radical (unpaired) electrons. The maximum atomic E-state index is 11.3. The van der Waals surface area contributed by atoms with Crippen LogP contribution in [0.4, 0.5) is 0 Å². The first-order valence-electron chi connectivity index (χ1n) is 5.46. The summed E-state index contributed by atoms with van der Waals surface area (Å²) in [5.74, 6) is -0.959. The van der Waals surface area contributed by atoms with E-state index in [0.29, 0.717) is 12.1 Å². The predicted octanol–water partition coefficient (Wildman–Crippen LogP) is 0.832. The number of carbonyl (C=O) groups is 1. The van der Waals surface area contributed by atoms with Crippen LogP contribution in [0.15, 0.2) is 24.3 Å². The van der Waals surface area contributed by atoms with Gasteiger partial charge in [-0.05, 0) is 24.2 Å². The highest BCUT2D eigenvalue weighted by Gasteiger charge is 2.26. The van der Waals surface area contributed by atoms with Crippen molar-refractivity contribution in [2.24, 2.45) is 0 Å². The number of nitrogens with zero attached hydrogens (tertiary/aromatic N) is 1. The first kappa shape index (κ1) is 13.5. The summed E-state index contributed by atoms with van der Waals surface area (Å²) in [6.07, 6.45) is 0. The van der Waals surface area contributed by atoms with Gasteiger partial charge in [0.15, 0.2) is 0 Å². The van der Waals surface area contributed by atoms with Crippen molar-refractivity contribution in [1.29, 1.82) is 0 Å². The molecule has 1 rings (SSSR count).